The van der Waals surface area contributed by atoms with Crippen LogP contribution in [0.2, 0.25) is 0 Å². The zero-order chi connectivity index (χ0) is 10.1. The molecule has 6 heteroatoms. The Morgan fingerprint density at radius 1 is 1.31 bits per heavy atom. The Balaban J connectivity index is 3.16. The monoisotopic (exact) mass is 213 g/mol. The highest BCUT2D eigenvalue weighted by Crippen LogP contribution is 2.28. The standard InChI is InChI=1S/C7H4ClF4N/c8-3-5-1-4(9)2-6(13-5)7(10,11)12/h1-2H,3H2. The molecule has 72 valence electrons. The van der Waals surface area contributed by atoms with E-state index in [-0.39, 0.29) is 11.6 Å². The number of hydrogen-bond acceptors (Lipinski definition) is 1. The quantitative estimate of drug-likeness (QED) is 0.516. The number of halogens is 5. The first kappa shape index (κ1) is 10.2. The van der Waals surface area contributed by atoms with E-state index in [1.807, 2.05) is 0 Å². The Morgan fingerprint density at radius 3 is 2.38 bits per heavy atom. The van der Waals surface area contributed by atoms with Crippen LogP contribution in [0.4, 0.5) is 17.6 Å². The molecule has 0 aliphatic rings. The number of aromatic nitrogens is 1. The molecule has 0 unspecified atom stereocenters. The SMILES string of the molecule is Fc1cc(CCl)nc(C(F)(F)F)c1. The Kier molecular flexibility index (Phi) is 2.75. The second-order valence-corrected chi connectivity index (χ2v) is 2.56. The predicted octanol–water partition coefficient (Wildman–Crippen LogP) is 2.98. The first-order chi connectivity index (χ1) is 5.93. The summed E-state index contributed by atoms with van der Waals surface area (Å²) < 4.78 is 48.6. The third-order valence-corrected chi connectivity index (χ3v) is 1.54. The lowest BCUT2D eigenvalue weighted by molar-refractivity contribution is -0.141. The van der Waals surface area contributed by atoms with E-state index >= 15 is 0 Å². The van der Waals surface area contributed by atoms with Crippen LogP contribution in [-0.2, 0) is 12.1 Å². The molecule has 0 aliphatic heterocycles. The van der Waals surface area contributed by atoms with Gasteiger partial charge in [0.05, 0.1) is 11.6 Å². The van der Waals surface area contributed by atoms with E-state index in [1.165, 1.54) is 0 Å². The fourth-order valence-electron chi connectivity index (χ4n) is 0.764. The van der Waals surface area contributed by atoms with Crippen molar-refractivity contribution >= 4 is 11.6 Å². The van der Waals surface area contributed by atoms with Crippen LogP contribution >= 0.6 is 11.6 Å². The van der Waals surface area contributed by atoms with Crippen LogP contribution in [0.1, 0.15) is 11.4 Å². The molecule has 0 amide bonds. The molecule has 1 heterocycles. The summed E-state index contributed by atoms with van der Waals surface area (Å²) in [4.78, 5) is 3.13. The van der Waals surface area contributed by atoms with Gasteiger partial charge >= 0.3 is 6.18 Å². The van der Waals surface area contributed by atoms with Crippen molar-refractivity contribution < 1.29 is 17.6 Å². The van der Waals surface area contributed by atoms with Crippen LogP contribution < -0.4 is 0 Å². The highest BCUT2D eigenvalue weighted by Gasteiger charge is 2.33. The van der Waals surface area contributed by atoms with Crippen molar-refractivity contribution in [2.75, 3.05) is 0 Å². The Morgan fingerprint density at radius 2 is 1.92 bits per heavy atom. The van der Waals surface area contributed by atoms with Crippen molar-refractivity contribution in [1.82, 2.24) is 4.98 Å². The summed E-state index contributed by atoms with van der Waals surface area (Å²) in [6, 6.07) is 1.19. The van der Waals surface area contributed by atoms with Crippen molar-refractivity contribution in [2.45, 2.75) is 12.1 Å². The summed E-state index contributed by atoms with van der Waals surface area (Å²) in [6.07, 6.45) is -4.64. The Labute approximate surface area is 76.3 Å². The largest absolute Gasteiger partial charge is 0.433 e. The maximum Gasteiger partial charge on any atom is 0.433 e. The molecule has 0 N–H and O–H groups in total. The van der Waals surface area contributed by atoms with Crippen LogP contribution in [0.5, 0.6) is 0 Å². The average Bonchev–Trinajstić information content (AvgIpc) is 2.01. The molecule has 1 rings (SSSR count). The van der Waals surface area contributed by atoms with Gasteiger partial charge in [0.15, 0.2) is 0 Å². The smallest absolute Gasteiger partial charge is 0.247 e. The van der Waals surface area contributed by atoms with Gasteiger partial charge in [0.2, 0.25) is 0 Å². The number of rotatable bonds is 1. The number of alkyl halides is 4. The lowest BCUT2D eigenvalue weighted by Gasteiger charge is -2.06. The van der Waals surface area contributed by atoms with Crippen molar-refractivity contribution in [3.63, 3.8) is 0 Å². The molecule has 1 aromatic rings. The van der Waals surface area contributed by atoms with Gasteiger partial charge in [-0.2, -0.15) is 13.2 Å². The van der Waals surface area contributed by atoms with Gasteiger partial charge in [0, 0.05) is 6.07 Å². The molecule has 0 spiro atoms. The summed E-state index contributed by atoms with van der Waals surface area (Å²) in [5, 5.41) is 0. The van der Waals surface area contributed by atoms with Gasteiger partial charge in [-0.1, -0.05) is 0 Å². The van der Waals surface area contributed by atoms with E-state index in [9.17, 15) is 17.6 Å². The topological polar surface area (TPSA) is 12.9 Å². The van der Waals surface area contributed by atoms with Gasteiger partial charge in [-0.25, -0.2) is 9.37 Å². The Bertz CT molecular complexity index is 310. The first-order valence-electron chi connectivity index (χ1n) is 3.23. The third kappa shape index (κ3) is 2.55. The van der Waals surface area contributed by atoms with Crippen molar-refractivity contribution in [3.8, 4) is 0 Å². The van der Waals surface area contributed by atoms with Gasteiger partial charge in [-0.15, -0.1) is 11.6 Å². The predicted molar refractivity (Wildman–Crippen MR) is 38.8 cm³/mol. The second kappa shape index (κ2) is 3.49. The number of hydrogen-bond donors (Lipinski definition) is 0. The van der Waals surface area contributed by atoms with E-state index in [1.54, 1.807) is 0 Å². The van der Waals surface area contributed by atoms with Gasteiger partial charge < -0.3 is 0 Å². The molecule has 0 saturated carbocycles. The molecule has 13 heavy (non-hydrogen) atoms. The number of pyridine rings is 1. The molecule has 1 aromatic heterocycles. The van der Waals surface area contributed by atoms with Crippen molar-refractivity contribution in [3.05, 3.63) is 29.3 Å². The van der Waals surface area contributed by atoms with Gasteiger partial charge in [-0.05, 0) is 6.07 Å². The third-order valence-electron chi connectivity index (χ3n) is 1.27. The molecular formula is C7H4ClF4N. The summed E-state index contributed by atoms with van der Waals surface area (Å²) in [5.74, 6) is -1.24. The van der Waals surface area contributed by atoms with Crippen molar-refractivity contribution in [1.29, 1.82) is 0 Å². The van der Waals surface area contributed by atoms with Crippen LogP contribution in [-0.4, -0.2) is 4.98 Å². The molecular weight excluding hydrogens is 210 g/mol. The summed E-state index contributed by atoms with van der Waals surface area (Å²) in [6.45, 7) is 0. The van der Waals surface area contributed by atoms with Crippen LogP contribution in [0.3, 0.4) is 0 Å². The zero-order valence-electron chi connectivity index (χ0n) is 6.20. The summed E-state index contributed by atoms with van der Waals surface area (Å²) >= 11 is 5.22. The fourth-order valence-corrected chi connectivity index (χ4v) is 0.901. The molecule has 0 fully saturated rings. The molecule has 0 saturated heterocycles. The molecule has 1 nitrogen and oxygen atoms in total. The van der Waals surface area contributed by atoms with Crippen LogP contribution in [0, 0.1) is 5.82 Å². The first-order valence-corrected chi connectivity index (χ1v) is 3.76. The summed E-state index contributed by atoms with van der Waals surface area (Å²) in [5.41, 5.74) is -1.39. The molecule has 0 bridgehead atoms. The highest BCUT2D eigenvalue weighted by molar-refractivity contribution is 6.16. The normalized spacial score (nSPS) is 11.8. The van der Waals surface area contributed by atoms with Crippen LogP contribution in [0.15, 0.2) is 12.1 Å². The number of nitrogens with zero attached hydrogens (tertiary/aromatic N) is 1. The maximum atomic E-state index is 12.5. The minimum atomic E-state index is -4.64. The lowest BCUT2D eigenvalue weighted by atomic mass is 10.3. The fraction of sp³-hybridized carbons (Fsp3) is 0.286. The Hall–Kier alpha value is -0.840. The molecule has 0 radical (unpaired) electrons. The highest BCUT2D eigenvalue weighted by atomic mass is 35.5. The van der Waals surface area contributed by atoms with E-state index in [0.29, 0.717) is 6.07 Å². The van der Waals surface area contributed by atoms with E-state index in [0.717, 1.165) is 6.07 Å². The zero-order valence-corrected chi connectivity index (χ0v) is 6.95. The minimum absolute atomic E-state index is 0.131. The minimum Gasteiger partial charge on any atom is -0.247 e. The molecule has 0 aliphatic carbocycles. The molecule has 0 atom stereocenters. The second-order valence-electron chi connectivity index (χ2n) is 2.29. The maximum absolute atomic E-state index is 12.5. The van der Waals surface area contributed by atoms with E-state index < -0.39 is 17.7 Å². The van der Waals surface area contributed by atoms with Gasteiger partial charge in [0.1, 0.15) is 11.5 Å². The van der Waals surface area contributed by atoms with Crippen LogP contribution in [0.25, 0.3) is 0 Å². The van der Waals surface area contributed by atoms with Gasteiger partial charge in [-0.3, -0.25) is 0 Å². The van der Waals surface area contributed by atoms with Gasteiger partial charge in [0.25, 0.3) is 0 Å². The van der Waals surface area contributed by atoms with Crippen molar-refractivity contribution in [2.24, 2.45) is 0 Å². The summed E-state index contributed by atoms with van der Waals surface area (Å²) in [7, 11) is 0. The van der Waals surface area contributed by atoms with E-state index in [2.05, 4.69) is 4.98 Å². The van der Waals surface area contributed by atoms with E-state index in [4.69, 9.17) is 11.6 Å². The molecule has 0 aromatic carbocycles. The lowest BCUT2D eigenvalue weighted by Crippen LogP contribution is -2.09. The average molecular weight is 214 g/mol.